The Morgan fingerprint density at radius 2 is 1.50 bits per heavy atom. The number of carbonyl (C=O) groups is 3. The Hall–Kier alpha value is -2.24. The van der Waals surface area contributed by atoms with E-state index in [9.17, 15) is 14.4 Å². The largest absolute Gasteiger partial charge is 0.464 e. The molecule has 0 N–H and O–H groups in total. The fourth-order valence-corrected chi connectivity index (χ4v) is 1.31. The van der Waals surface area contributed by atoms with Gasteiger partial charge in [-0.25, -0.2) is 14.6 Å². The second-order valence-corrected chi connectivity index (χ2v) is 3.39. The van der Waals surface area contributed by atoms with Crippen LogP contribution >= 0.6 is 0 Å². The van der Waals surface area contributed by atoms with E-state index in [1.807, 2.05) is 0 Å². The average Bonchev–Trinajstić information content (AvgIpc) is 2.43. The first-order valence-corrected chi connectivity index (χ1v) is 5.25. The number of pyridine rings is 1. The van der Waals surface area contributed by atoms with Crippen molar-refractivity contribution in [3.8, 4) is 0 Å². The fraction of sp³-hybridized carbons (Fsp3) is 0.333. The number of esters is 2. The predicted molar refractivity (Wildman–Crippen MR) is 61.5 cm³/mol. The average molecular weight is 251 g/mol. The van der Waals surface area contributed by atoms with Crippen LogP contribution in [0.3, 0.4) is 0 Å². The summed E-state index contributed by atoms with van der Waals surface area (Å²) in [6, 6.07) is 2.59. The molecule has 0 spiro atoms. The number of hydrogen-bond donors (Lipinski definition) is 0. The number of methoxy groups -OCH3 is 2. The second kappa shape index (κ2) is 5.90. The minimum absolute atomic E-state index is 0.0998. The third-order valence-electron chi connectivity index (χ3n) is 2.26. The van der Waals surface area contributed by atoms with Crippen LogP contribution in [-0.4, -0.2) is 36.9 Å². The monoisotopic (exact) mass is 251 g/mol. The maximum absolute atomic E-state index is 11.6. The number of Topliss-reactive ketones (excluding diaryl/α,β-unsaturated/α-hetero) is 1. The second-order valence-electron chi connectivity index (χ2n) is 3.39. The van der Waals surface area contributed by atoms with Crippen molar-refractivity contribution in [2.24, 2.45) is 0 Å². The molecule has 96 valence electrons. The number of rotatable bonds is 4. The van der Waals surface area contributed by atoms with Crippen molar-refractivity contribution in [1.82, 2.24) is 4.98 Å². The number of hydrogen-bond acceptors (Lipinski definition) is 6. The van der Waals surface area contributed by atoms with Gasteiger partial charge in [-0.05, 0) is 12.1 Å². The quantitative estimate of drug-likeness (QED) is 0.591. The van der Waals surface area contributed by atoms with Crippen LogP contribution in [0.1, 0.15) is 44.7 Å². The zero-order valence-electron chi connectivity index (χ0n) is 10.4. The molecule has 18 heavy (non-hydrogen) atoms. The van der Waals surface area contributed by atoms with Crippen molar-refractivity contribution >= 4 is 17.7 Å². The van der Waals surface area contributed by atoms with Crippen LogP contribution in [0.5, 0.6) is 0 Å². The Bertz CT molecular complexity index is 411. The van der Waals surface area contributed by atoms with Gasteiger partial charge in [0, 0.05) is 12.0 Å². The zero-order chi connectivity index (χ0) is 13.7. The molecule has 0 amide bonds. The molecule has 1 rings (SSSR count). The highest BCUT2D eigenvalue weighted by atomic mass is 16.5. The molecule has 1 aromatic rings. The molecule has 6 nitrogen and oxygen atoms in total. The summed E-state index contributed by atoms with van der Waals surface area (Å²) in [5.41, 5.74) is 0.0303. The molecule has 0 saturated heterocycles. The third kappa shape index (κ3) is 2.91. The van der Waals surface area contributed by atoms with E-state index in [0.717, 1.165) is 0 Å². The van der Waals surface area contributed by atoms with Crippen molar-refractivity contribution in [2.75, 3.05) is 14.2 Å². The van der Waals surface area contributed by atoms with Gasteiger partial charge in [0.1, 0.15) is 11.4 Å². The molecule has 0 aliphatic heterocycles. The van der Waals surface area contributed by atoms with Crippen molar-refractivity contribution in [1.29, 1.82) is 0 Å². The highest BCUT2D eigenvalue weighted by Crippen LogP contribution is 2.11. The Kier molecular flexibility index (Phi) is 4.53. The Labute approximate surface area is 104 Å². The third-order valence-corrected chi connectivity index (χ3v) is 2.26. The molecule has 0 saturated carbocycles. The number of carbonyl (C=O) groups excluding carboxylic acids is 3. The molecule has 0 bridgehead atoms. The van der Waals surface area contributed by atoms with Gasteiger partial charge in [0.2, 0.25) is 0 Å². The smallest absolute Gasteiger partial charge is 0.356 e. The summed E-state index contributed by atoms with van der Waals surface area (Å²) in [5.74, 6) is -1.63. The molecular formula is C12H13NO5. The normalized spacial score (nSPS) is 9.72. The van der Waals surface area contributed by atoms with Crippen LogP contribution in [0.2, 0.25) is 0 Å². The van der Waals surface area contributed by atoms with Crippen molar-refractivity contribution < 1.29 is 23.9 Å². The van der Waals surface area contributed by atoms with Crippen LogP contribution in [-0.2, 0) is 9.47 Å². The molecule has 0 atom stereocenters. The highest BCUT2D eigenvalue weighted by molar-refractivity contribution is 6.00. The number of aromatic nitrogens is 1. The Morgan fingerprint density at radius 3 is 1.83 bits per heavy atom. The van der Waals surface area contributed by atoms with E-state index in [1.165, 1.54) is 26.4 Å². The molecule has 0 aromatic carbocycles. The number of ether oxygens (including phenoxy) is 2. The van der Waals surface area contributed by atoms with Gasteiger partial charge in [0.25, 0.3) is 0 Å². The number of nitrogens with zero attached hydrogens (tertiary/aromatic N) is 1. The summed E-state index contributed by atoms with van der Waals surface area (Å²) in [4.78, 5) is 38.2. The summed E-state index contributed by atoms with van der Waals surface area (Å²) in [6.07, 6.45) is 0.255. The van der Waals surface area contributed by atoms with Gasteiger partial charge in [0.05, 0.1) is 14.2 Å². The first kappa shape index (κ1) is 13.8. The van der Waals surface area contributed by atoms with E-state index in [1.54, 1.807) is 6.92 Å². The lowest BCUT2D eigenvalue weighted by Gasteiger charge is -2.05. The fourth-order valence-electron chi connectivity index (χ4n) is 1.31. The highest BCUT2D eigenvalue weighted by Gasteiger charge is 2.17. The predicted octanol–water partition coefficient (Wildman–Crippen LogP) is 1.25. The summed E-state index contributed by atoms with van der Waals surface area (Å²) < 4.78 is 9.02. The van der Waals surface area contributed by atoms with E-state index in [4.69, 9.17) is 0 Å². The van der Waals surface area contributed by atoms with E-state index in [2.05, 4.69) is 14.5 Å². The van der Waals surface area contributed by atoms with Crippen LogP contribution < -0.4 is 0 Å². The van der Waals surface area contributed by atoms with Crippen molar-refractivity contribution in [3.05, 3.63) is 29.1 Å². The number of ketones is 1. The van der Waals surface area contributed by atoms with Crippen LogP contribution in [0, 0.1) is 0 Å². The van der Waals surface area contributed by atoms with E-state index >= 15 is 0 Å². The lowest BCUT2D eigenvalue weighted by Crippen LogP contribution is -2.13. The topological polar surface area (TPSA) is 82.6 Å². The molecule has 6 heteroatoms. The lowest BCUT2D eigenvalue weighted by atomic mass is 10.1. The summed E-state index contributed by atoms with van der Waals surface area (Å²) in [5, 5.41) is 0. The van der Waals surface area contributed by atoms with Gasteiger partial charge in [-0.1, -0.05) is 6.92 Å². The van der Waals surface area contributed by atoms with Gasteiger partial charge in [-0.3, -0.25) is 4.79 Å². The molecule has 0 unspecified atom stereocenters. The molecular weight excluding hydrogens is 238 g/mol. The minimum atomic E-state index is -0.717. The molecule has 0 radical (unpaired) electrons. The SMILES string of the molecule is CCC(=O)c1cc(C(=O)OC)nc(C(=O)OC)c1. The van der Waals surface area contributed by atoms with Crippen molar-refractivity contribution in [2.45, 2.75) is 13.3 Å². The van der Waals surface area contributed by atoms with Crippen molar-refractivity contribution in [3.63, 3.8) is 0 Å². The summed E-state index contributed by atoms with van der Waals surface area (Å²) in [6.45, 7) is 1.68. The molecule has 1 aromatic heterocycles. The minimum Gasteiger partial charge on any atom is -0.464 e. The maximum atomic E-state index is 11.6. The van der Waals surface area contributed by atoms with E-state index in [-0.39, 0.29) is 29.2 Å². The van der Waals surface area contributed by atoms with Gasteiger partial charge in [-0.15, -0.1) is 0 Å². The Morgan fingerprint density at radius 1 is 1.06 bits per heavy atom. The molecule has 0 aliphatic rings. The zero-order valence-corrected chi connectivity index (χ0v) is 10.4. The van der Waals surface area contributed by atoms with Gasteiger partial charge < -0.3 is 9.47 Å². The lowest BCUT2D eigenvalue weighted by molar-refractivity contribution is 0.0586. The molecule has 0 aliphatic carbocycles. The van der Waals surface area contributed by atoms with Gasteiger partial charge >= 0.3 is 11.9 Å². The van der Waals surface area contributed by atoms with Crippen LogP contribution in [0.15, 0.2) is 12.1 Å². The van der Waals surface area contributed by atoms with E-state index < -0.39 is 11.9 Å². The maximum Gasteiger partial charge on any atom is 0.356 e. The van der Waals surface area contributed by atoms with Gasteiger partial charge in [-0.2, -0.15) is 0 Å². The first-order chi connectivity index (χ1) is 8.53. The summed E-state index contributed by atoms with van der Waals surface area (Å²) >= 11 is 0. The van der Waals surface area contributed by atoms with Crippen LogP contribution in [0.25, 0.3) is 0 Å². The first-order valence-electron chi connectivity index (χ1n) is 5.25. The Balaban J connectivity index is 3.32. The van der Waals surface area contributed by atoms with Gasteiger partial charge in [0.15, 0.2) is 5.78 Å². The molecule has 1 heterocycles. The standard InChI is InChI=1S/C12H13NO5/c1-4-10(14)7-5-8(11(15)17-2)13-9(6-7)12(16)18-3/h5-6H,4H2,1-3H3. The summed E-state index contributed by atoms with van der Waals surface area (Å²) in [7, 11) is 2.38. The molecule has 0 fully saturated rings. The van der Waals surface area contributed by atoms with Crippen LogP contribution in [0.4, 0.5) is 0 Å². The van der Waals surface area contributed by atoms with E-state index in [0.29, 0.717) is 0 Å².